The van der Waals surface area contributed by atoms with Gasteiger partial charge in [0.1, 0.15) is 0 Å². The normalized spacial score (nSPS) is 57.2. The second-order valence-corrected chi connectivity index (χ2v) is 8.56. The summed E-state index contributed by atoms with van der Waals surface area (Å²) in [5.41, 5.74) is 0. The molecule has 4 rings (SSSR count). The van der Waals surface area contributed by atoms with E-state index in [2.05, 4.69) is 13.8 Å². The Bertz CT molecular complexity index is 329. The standard InChI is InChI=1S/C19H32/c1-12-6-5-9-16-14-7-3-4-8-15(14)17-11-10-13(2)19(17)18(12)16/h12-19H,3-11H2,1-2H3. The average molecular weight is 260 g/mol. The Morgan fingerprint density at radius 1 is 0.474 bits per heavy atom. The summed E-state index contributed by atoms with van der Waals surface area (Å²) < 4.78 is 0. The first kappa shape index (κ1) is 12.7. The van der Waals surface area contributed by atoms with Gasteiger partial charge in [-0.25, -0.2) is 0 Å². The van der Waals surface area contributed by atoms with Crippen LogP contribution >= 0.6 is 0 Å². The van der Waals surface area contributed by atoms with E-state index in [-0.39, 0.29) is 0 Å². The molecule has 108 valence electrons. The predicted octanol–water partition coefficient (Wildman–Crippen LogP) is 5.52. The topological polar surface area (TPSA) is 0 Å². The fourth-order valence-electron chi connectivity index (χ4n) is 7.32. The van der Waals surface area contributed by atoms with Gasteiger partial charge in [0.05, 0.1) is 0 Å². The zero-order chi connectivity index (χ0) is 13.0. The van der Waals surface area contributed by atoms with E-state index >= 15 is 0 Å². The van der Waals surface area contributed by atoms with Crippen molar-refractivity contribution < 1.29 is 0 Å². The maximum absolute atomic E-state index is 2.60. The molecular formula is C19H32. The minimum absolute atomic E-state index is 1.04. The molecule has 0 aromatic carbocycles. The van der Waals surface area contributed by atoms with Crippen molar-refractivity contribution in [3.8, 4) is 0 Å². The van der Waals surface area contributed by atoms with E-state index in [1.165, 1.54) is 12.8 Å². The molecule has 0 saturated heterocycles. The third-order valence-corrected chi connectivity index (χ3v) is 7.87. The van der Waals surface area contributed by atoms with Crippen molar-refractivity contribution in [1.82, 2.24) is 0 Å². The molecule has 0 radical (unpaired) electrons. The Hall–Kier alpha value is 0. The van der Waals surface area contributed by atoms with Gasteiger partial charge in [0.25, 0.3) is 0 Å². The Labute approximate surface area is 119 Å². The van der Waals surface area contributed by atoms with Crippen LogP contribution in [0.1, 0.15) is 71.6 Å². The van der Waals surface area contributed by atoms with Crippen molar-refractivity contribution in [3.05, 3.63) is 0 Å². The smallest absolute Gasteiger partial charge is 0.0324 e. The lowest BCUT2D eigenvalue weighted by Gasteiger charge is -2.57. The van der Waals surface area contributed by atoms with Gasteiger partial charge in [-0.3, -0.25) is 0 Å². The predicted molar refractivity (Wildman–Crippen MR) is 80.8 cm³/mol. The molecule has 0 spiro atoms. The largest absolute Gasteiger partial charge is 0.0622 e. The number of hydrogen-bond donors (Lipinski definition) is 0. The van der Waals surface area contributed by atoms with Gasteiger partial charge >= 0.3 is 0 Å². The first-order chi connectivity index (χ1) is 9.27. The zero-order valence-electron chi connectivity index (χ0n) is 13.0. The van der Waals surface area contributed by atoms with Crippen molar-refractivity contribution in [3.63, 3.8) is 0 Å². The molecule has 0 N–H and O–H groups in total. The van der Waals surface area contributed by atoms with Crippen molar-refractivity contribution in [2.45, 2.75) is 71.6 Å². The molecule has 0 amide bonds. The molecule has 8 unspecified atom stereocenters. The molecular weight excluding hydrogens is 228 g/mol. The molecule has 4 aliphatic rings. The van der Waals surface area contributed by atoms with E-state index in [0.29, 0.717) is 0 Å². The summed E-state index contributed by atoms with van der Waals surface area (Å²) >= 11 is 0. The minimum Gasteiger partial charge on any atom is -0.0622 e. The zero-order valence-corrected chi connectivity index (χ0v) is 13.0. The Balaban J connectivity index is 1.70. The maximum Gasteiger partial charge on any atom is -0.0324 e. The fraction of sp³-hybridized carbons (Fsp3) is 1.00. The van der Waals surface area contributed by atoms with Crippen LogP contribution in [0.15, 0.2) is 0 Å². The van der Waals surface area contributed by atoms with Gasteiger partial charge in [0.2, 0.25) is 0 Å². The van der Waals surface area contributed by atoms with Crippen molar-refractivity contribution >= 4 is 0 Å². The molecule has 4 saturated carbocycles. The third kappa shape index (κ3) is 1.84. The highest BCUT2D eigenvalue weighted by atomic mass is 14.6. The van der Waals surface area contributed by atoms with Crippen LogP contribution in [0.25, 0.3) is 0 Å². The first-order valence-electron chi connectivity index (χ1n) is 9.27. The molecule has 4 fully saturated rings. The van der Waals surface area contributed by atoms with E-state index in [1.54, 1.807) is 44.9 Å². The molecule has 0 aromatic rings. The molecule has 4 aliphatic carbocycles. The van der Waals surface area contributed by atoms with Crippen molar-refractivity contribution in [2.24, 2.45) is 47.3 Å². The molecule has 8 atom stereocenters. The molecule has 19 heavy (non-hydrogen) atoms. The van der Waals surface area contributed by atoms with Crippen LogP contribution in [0, 0.1) is 47.3 Å². The molecule has 0 aliphatic heterocycles. The van der Waals surface area contributed by atoms with Gasteiger partial charge in [-0.2, -0.15) is 0 Å². The summed E-state index contributed by atoms with van der Waals surface area (Å²) in [5.74, 6) is 8.90. The Morgan fingerprint density at radius 3 is 1.68 bits per heavy atom. The van der Waals surface area contributed by atoms with Crippen LogP contribution in [-0.2, 0) is 0 Å². The summed E-state index contributed by atoms with van der Waals surface area (Å²) in [7, 11) is 0. The highest BCUT2D eigenvalue weighted by Gasteiger charge is 2.55. The number of fused-ring (bicyclic) bond motifs is 6. The maximum atomic E-state index is 2.60. The molecule has 0 bridgehead atoms. The van der Waals surface area contributed by atoms with E-state index in [1.807, 2.05) is 0 Å². The van der Waals surface area contributed by atoms with Gasteiger partial charge in [-0.1, -0.05) is 46.0 Å². The number of hydrogen-bond acceptors (Lipinski definition) is 0. The summed E-state index contributed by atoms with van der Waals surface area (Å²) in [6, 6.07) is 0. The second kappa shape index (κ2) is 4.78. The van der Waals surface area contributed by atoms with E-state index in [0.717, 1.165) is 47.3 Å². The lowest BCUT2D eigenvalue weighted by molar-refractivity contribution is -0.0804. The summed E-state index contributed by atoms with van der Waals surface area (Å²) in [6.07, 6.45) is 14.1. The van der Waals surface area contributed by atoms with Crippen LogP contribution in [0.5, 0.6) is 0 Å². The lowest BCUT2D eigenvalue weighted by atomic mass is 9.48. The van der Waals surface area contributed by atoms with E-state index < -0.39 is 0 Å². The van der Waals surface area contributed by atoms with Crippen molar-refractivity contribution in [2.75, 3.05) is 0 Å². The first-order valence-corrected chi connectivity index (χ1v) is 9.27. The molecule has 0 heteroatoms. The summed E-state index contributed by atoms with van der Waals surface area (Å²) in [4.78, 5) is 0. The van der Waals surface area contributed by atoms with Gasteiger partial charge in [-0.15, -0.1) is 0 Å². The van der Waals surface area contributed by atoms with Crippen LogP contribution in [0.2, 0.25) is 0 Å². The van der Waals surface area contributed by atoms with Gasteiger partial charge in [0, 0.05) is 0 Å². The summed E-state index contributed by atoms with van der Waals surface area (Å²) in [5, 5.41) is 0. The monoisotopic (exact) mass is 260 g/mol. The van der Waals surface area contributed by atoms with Crippen LogP contribution < -0.4 is 0 Å². The van der Waals surface area contributed by atoms with Crippen LogP contribution in [0.4, 0.5) is 0 Å². The van der Waals surface area contributed by atoms with Crippen molar-refractivity contribution in [1.29, 1.82) is 0 Å². The quantitative estimate of drug-likeness (QED) is 0.538. The minimum atomic E-state index is 1.04. The van der Waals surface area contributed by atoms with E-state index in [4.69, 9.17) is 0 Å². The molecule has 0 nitrogen and oxygen atoms in total. The highest BCUT2D eigenvalue weighted by Crippen LogP contribution is 2.62. The number of rotatable bonds is 0. The van der Waals surface area contributed by atoms with Gasteiger partial charge < -0.3 is 0 Å². The van der Waals surface area contributed by atoms with Crippen LogP contribution in [-0.4, -0.2) is 0 Å². The van der Waals surface area contributed by atoms with Gasteiger partial charge in [0.15, 0.2) is 0 Å². The lowest BCUT2D eigenvalue weighted by Crippen LogP contribution is -2.50. The second-order valence-electron chi connectivity index (χ2n) is 8.56. The van der Waals surface area contributed by atoms with E-state index in [9.17, 15) is 0 Å². The molecule has 0 heterocycles. The highest BCUT2D eigenvalue weighted by molar-refractivity contribution is 5.04. The Kier molecular flexibility index (Phi) is 3.20. The van der Waals surface area contributed by atoms with Crippen LogP contribution in [0.3, 0.4) is 0 Å². The fourth-order valence-corrected chi connectivity index (χ4v) is 7.32. The van der Waals surface area contributed by atoms with Gasteiger partial charge in [-0.05, 0) is 73.0 Å². The SMILES string of the molecule is CC1CCCC2C3CCCCC3C3CCC(C)C3C12. The average Bonchev–Trinajstić information content (AvgIpc) is 2.82. The summed E-state index contributed by atoms with van der Waals surface area (Å²) in [6.45, 7) is 5.19. The molecule has 0 aromatic heterocycles. The Morgan fingerprint density at radius 2 is 1.00 bits per heavy atom. The third-order valence-electron chi connectivity index (χ3n) is 7.87.